The van der Waals surface area contributed by atoms with E-state index in [2.05, 4.69) is 0 Å². The summed E-state index contributed by atoms with van der Waals surface area (Å²) in [6, 6.07) is 10.5. The normalized spacial score (nSPS) is 10.3. The van der Waals surface area contributed by atoms with E-state index in [1.54, 1.807) is 24.3 Å². The zero-order chi connectivity index (χ0) is 12.4. The first-order chi connectivity index (χ1) is 8.11. The highest BCUT2D eigenvalue weighted by atomic mass is 35.5. The molecule has 0 aliphatic rings. The van der Waals surface area contributed by atoms with Crippen molar-refractivity contribution < 1.29 is 4.79 Å². The first-order valence-corrected chi connectivity index (χ1v) is 5.95. The highest BCUT2D eigenvalue weighted by molar-refractivity contribution is 6.42. The molecular formula is C13H7Cl3O. The summed E-state index contributed by atoms with van der Waals surface area (Å²) in [5, 5.41) is 1.41. The lowest BCUT2D eigenvalue weighted by Crippen LogP contribution is -1.84. The molecule has 0 saturated carbocycles. The van der Waals surface area contributed by atoms with Gasteiger partial charge in [0, 0.05) is 5.56 Å². The number of carbonyl (C=O) groups is 1. The molecule has 0 fully saturated rings. The Morgan fingerprint density at radius 1 is 0.765 bits per heavy atom. The Balaban J connectivity index is 2.49. The summed E-state index contributed by atoms with van der Waals surface area (Å²) < 4.78 is 0. The molecule has 2 rings (SSSR count). The van der Waals surface area contributed by atoms with Crippen LogP contribution in [0.1, 0.15) is 10.4 Å². The van der Waals surface area contributed by atoms with Crippen LogP contribution in [0.25, 0.3) is 11.1 Å². The largest absolute Gasteiger partial charge is 0.298 e. The number of aldehydes is 1. The van der Waals surface area contributed by atoms with Crippen molar-refractivity contribution >= 4 is 41.1 Å². The van der Waals surface area contributed by atoms with Gasteiger partial charge >= 0.3 is 0 Å². The van der Waals surface area contributed by atoms with Gasteiger partial charge in [0.25, 0.3) is 0 Å². The van der Waals surface area contributed by atoms with E-state index in [4.69, 9.17) is 34.8 Å². The predicted molar refractivity (Wildman–Crippen MR) is 72.3 cm³/mol. The lowest BCUT2D eigenvalue weighted by molar-refractivity contribution is 0.112. The molecule has 0 unspecified atom stereocenters. The van der Waals surface area contributed by atoms with Crippen LogP contribution in [0, 0.1) is 0 Å². The third-order valence-corrected chi connectivity index (χ3v) is 3.45. The maximum Gasteiger partial charge on any atom is 0.151 e. The second-order valence-electron chi connectivity index (χ2n) is 3.48. The van der Waals surface area contributed by atoms with Gasteiger partial charge in [0.1, 0.15) is 0 Å². The number of carbonyl (C=O) groups excluding carboxylic acids is 1. The monoisotopic (exact) mass is 284 g/mol. The van der Waals surface area contributed by atoms with Crippen molar-refractivity contribution in [2.75, 3.05) is 0 Å². The molecule has 2 aromatic rings. The maximum absolute atomic E-state index is 10.7. The zero-order valence-electron chi connectivity index (χ0n) is 8.58. The fraction of sp³-hybridized carbons (Fsp3) is 0. The van der Waals surface area contributed by atoms with Crippen molar-refractivity contribution in [3.05, 3.63) is 57.0 Å². The third-order valence-electron chi connectivity index (χ3n) is 2.38. The van der Waals surface area contributed by atoms with Gasteiger partial charge in [-0.3, -0.25) is 4.79 Å². The molecule has 0 heterocycles. The highest BCUT2D eigenvalue weighted by Gasteiger charge is 2.05. The summed E-state index contributed by atoms with van der Waals surface area (Å²) in [5.74, 6) is 0. The van der Waals surface area contributed by atoms with Crippen molar-refractivity contribution in [1.29, 1.82) is 0 Å². The molecule has 0 amide bonds. The topological polar surface area (TPSA) is 17.1 Å². The summed E-state index contributed by atoms with van der Waals surface area (Å²) in [5.41, 5.74) is 2.26. The van der Waals surface area contributed by atoms with Crippen molar-refractivity contribution in [3.63, 3.8) is 0 Å². The molecule has 2 aromatic carbocycles. The molecular weight excluding hydrogens is 279 g/mol. The summed E-state index contributed by atoms with van der Waals surface area (Å²) in [4.78, 5) is 10.7. The van der Waals surface area contributed by atoms with Crippen LogP contribution in [0.3, 0.4) is 0 Å². The standard InChI is InChI=1S/C13H7Cl3O/c14-11-4-3-9(6-13(11)16)8-1-2-10(7-17)12(15)5-8/h1-7H. The van der Waals surface area contributed by atoms with Crippen LogP contribution in [-0.2, 0) is 0 Å². The Morgan fingerprint density at radius 3 is 1.88 bits per heavy atom. The second-order valence-corrected chi connectivity index (χ2v) is 4.70. The molecule has 17 heavy (non-hydrogen) atoms. The van der Waals surface area contributed by atoms with Gasteiger partial charge in [-0.25, -0.2) is 0 Å². The molecule has 0 aliphatic carbocycles. The van der Waals surface area contributed by atoms with E-state index in [0.29, 0.717) is 20.6 Å². The minimum atomic E-state index is 0.420. The summed E-state index contributed by atoms with van der Waals surface area (Å²) in [6.45, 7) is 0. The van der Waals surface area contributed by atoms with Gasteiger partial charge in [-0.2, -0.15) is 0 Å². The fourth-order valence-electron chi connectivity index (χ4n) is 1.48. The Labute approximate surface area is 114 Å². The van der Waals surface area contributed by atoms with E-state index < -0.39 is 0 Å². The second kappa shape index (κ2) is 5.09. The van der Waals surface area contributed by atoms with Crippen LogP contribution >= 0.6 is 34.8 Å². The van der Waals surface area contributed by atoms with Crippen LogP contribution < -0.4 is 0 Å². The van der Waals surface area contributed by atoms with E-state index in [0.717, 1.165) is 17.4 Å². The average molecular weight is 286 g/mol. The van der Waals surface area contributed by atoms with Gasteiger partial charge in [-0.15, -0.1) is 0 Å². The van der Waals surface area contributed by atoms with Gasteiger partial charge in [0.05, 0.1) is 15.1 Å². The molecule has 0 N–H and O–H groups in total. The molecule has 4 heteroatoms. The van der Waals surface area contributed by atoms with E-state index in [1.165, 1.54) is 0 Å². The van der Waals surface area contributed by atoms with Crippen molar-refractivity contribution in [3.8, 4) is 11.1 Å². The Hall–Kier alpha value is -1.02. The summed E-state index contributed by atoms with van der Waals surface area (Å²) >= 11 is 17.7. The number of benzene rings is 2. The zero-order valence-corrected chi connectivity index (χ0v) is 10.9. The van der Waals surface area contributed by atoms with Crippen LogP contribution in [0.5, 0.6) is 0 Å². The first kappa shape index (κ1) is 12.4. The summed E-state index contributed by atoms with van der Waals surface area (Å²) in [6.07, 6.45) is 0.723. The van der Waals surface area contributed by atoms with Crippen molar-refractivity contribution in [2.45, 2.75) is 0 Å². The number of rotatable bonds is 2. The first-order valence-electron chi connectivity index (χ1n) is 4.82. The molecule has 86 valence electrons. The average Bonchev–Trinajstić information content (AvgIpc) is 2.32. The molecule has 0 saturated heterocycles. The van der Waals surface area contributed by atoms with Crippen LogP contribution in [-0.4, -0.2) is 6.29 Å². The van der Waals surface area contributed by atoms with Gasteiger partial charge in [0.15, 0.2) is 6.29 Å². The molecule has 0 aromatic heterocycles. The molecule has 0 atom stereocenters. The van der Waals surface area contributed by atoms with Gasteiger partial charge in [-0.05, 0) is 35.4 Å². The Morgan fingerprint density at radius 2 is 1.35 bits per heavy atom. The Kier molecular flexibility index (Phi) is 3.72. The van der Waals surface area contributed by atoms with Crippen molar-refractivity contribution in [2.24, 2.45) is 0 Å². The lowest BCUT2D eigenvalue weighted by atomic mass is 10.0. The van der Waals surface area contributed by atoms with Crippen molar-refractivity contribution in [1.82, 2.24) is 0 Å². The summed E-state index contributed by atoms with van der Waals surface area (Å²) in [7, 11) is 0. The lowest BCUT2D eigenvalue weighted by Gasteiger charge is -2.05. The predicted octanol–water partition coefficient (Wildman–Crippen LogP) is 5.13. The molecule has 0 aliphatic heterocycles. The molecule has 0 spiro atoms. The van der Waals surface area contributed by atoms with E-state index in [1.807, 2.05) is 12.1 Å². The van der Waals surface area contributed by atoms with E-state index >= 15 is 0 Å². The number of halogens is 3. The minimum Gasteiger partial charge on any atom is -0.298 e. The Bertz CT molecular complexity index is 579. The van der Waals surface area contributed by atoms with Gasteiger partial charge in [0.2, 0.25) is 0 Å². The van der Waals surface area contributed by atoms with E-state index in [-0.39, 0.29) is 0 Å². The molecule has 1 nitrogen and oxygen atoms in total. The maximum atomic E-state index is 10.7. The number of hydrogen-bond acceptors (Lipinski definition) is 1. The van der Waals surface area contributed by atoms with Crippen LogP contribution in [0.15, 0.2) is 36.4 Å². The molecule has 0 bridgehead atoms. The van der Waals surface area contributed by atoms with Gasteiger partial charge in [-0.1, -0.05) is 46.9 Å². The van der Waals surface area contributed by atoms with E-state index in [9.17, 15) is 4.79 Å². The van der Waals surface area contributed by atoms with Crippen LogP contribution in [0.2, 0.25) is 15.1 Å². The van der Waals surface area contributed by atoms with Gasteiger partial charge < -0.3 is 0 Å². The third kappa shape index (κ3) is 2.63. The SMILES string of the molecule is O=Cc1ccc(-c2ccc(Cl)c(Cl)c2)cc1Cl. The number of hydrogen-bond donors (Lipinski definition) is 0. The molecule has 0 radical (unpaired) electrons. The smallest absolute Gasteiger partial charge is 0.151 e. The quantitative estimate of drug-likeness (QED) is 0.699. The highest BCUT2D eigenvalue weighted by Crippen LogP contribution is 2.30. The minimum absolute atomic E-state index is 0.420. The fourth-order valence-corrected chi connectivity index (χ4v) is 2.00. The van der Waals surface area contributed by atoms with Crippen LogP contribution in [0.4, 0.5) is 0 Å².